The minimum absolute atomic E-state index is 0.200. The highest BCUT2D eigenvalue weighted by Crippen LogP contribution is 2.31. The van der Waals surface area contributed by atoms with E-state index in [1.165, 1.54) is 26.8 Å². The molecule has 3 rings (SSSR count). The Morgan fingerprint density at radius 1 is 1.10 bits per heavy atom. The lowest BCUT2D eigenvalue weighted by Crippen LogP contribution is -2.06. The summed E-state index contributed by atoms with van der Waals surface area (Å²) in [7, 11) is 2.73. The van der Waals surface area contributed by atoms with Crippen molar-refractivity contribution in [3.8, 4) is 17.7 Å². The van der Waals surface area contributed by atoms with Crippen molar-refractivity contribution in [1.82, 2.24) is 9.97 Å². The highest BCUT2D eigenvalue weighted by Gasteiger charge is 2.18. The number of ether oxygens (including phenoxy) is 3. The fourth-order valence-electron chi connectivity index (χ4n) is 2.63. The van der Waals surface area contributed by atoms with Crippen LogP contribution in [0, 0.1) is 11.3 Å². The highest BCUT2D eigenvalue weighted by molar-refractivity contribution is 6.17. The van der Waals surface area contributed by atoms with Crippen LogP contribution in [0.2, 0.25) is 0 Å². The first-order valence-electron chi connectivity index (χ1n) is 8.83. The maximum Gasteiger partial charge on any atom is 0.341 e. The predicted molar refractivity (Wildman–Crippen MR) is 110 cm³/mol. The van der Waals surface area contributed by atoms with Gasteiger partial charge in [-0.1, -0.05) is 30.3 Å². The smallest absolute Gasteiger partial charge is 0.341 e. The third kappa shape index (κ3) is 4.72. The van der Waals surface area contributed by atoms with E-state index in [2.05, 4.69) is 21.4 Å². The van der Waals surface area contributed by atoms with E-state index >= 15 is 0 Å². The number of benzene rings is 2. The molecule has 0 spiro atoms. The Morgan fingerprint density at radius 2 is 1.87 bits per heavy atom. The molecular weight excluding hydrogens is 384 g/mol. The molecule has 0 radical (unpaired) electrons. The van der Waals surface area contributed by atoms with Gasteiger partial charge in [-0.2, -0.15) is 5.26 Å². The molecule has 0 amide bonds. The van der Waals surface area contributed by atoms with Crippen LogP contribution in [0.5, 0.6) is 11.6 Å². The zero-order valence-electron chi connectivity index (χ0n) is 16.3. The summed E-state index contributed by atoms with van der Waals surface area (Å²) in [6.07, 6.45) is 2.63. The largest absolute Gasteiger partial charge is 0.503 e. The number of para-hydroxylation sites is 2. The van der Waals surface area contributed by atoms with Gasteiger partial charge in [-0.3, -0.25) is 0 Å². The molecule has 0 aliphatic rings. The maximum absolute atomic E-state index is 12.1. The van der Waals surface area contributed by atoms with Gasteiger partial charge in [0.2, 0.25) is 5.88 Å². The van der Waals surface area contributed by atoms with E-state index in [1.807, 2.05) is 6.07 Å². The predicted octanol–water partition coefficient (Wildman–Crippen LogP) is 4.04. The first-order chi connectivity index (χ1) is 14.7. The van der Waals surface area contributed by atoms with Crippen molar-refractivity contribution in [2.75, 3.05) is 19.5 Å². The Labute approximate surface area is 173 Å². The number of rotatable bonds is 7. The normalized spacial score (nSPS) is 10.6. The van der Waals surface area contributed by atoms with E-state index in [0.29, 0.717) is 28.4 Å². The summed E-state index contributed by atoms with van der Waals surface area (Å²) in [4.78, 5) is 20.4. The SMILES string of the molecule is COC=C(C(=O)OC)c1ccccc1Oc1cc(Nc2ccccc2C#N)ncn1. The van der Waals surface area contributed by atoms with Gasteiger partial charge in [0.1, 0.15) is 29.5 Å². The molecule has 1 aromatic heterocycles. The lowest BCUT2D eigenvalue weighted by molar-refractivity contribution is -0.133. The number of hydrogen-bond acceptors (Lipinski definition) is 8. The summed E-state index contributed by atoms with van der Waals surface area (Å²) in [5.74, 6) is 0.510. The lowest BCUT2D eigenvalue weighted by Gasteiger charge is -2.13. The third-order valence-electron chi connectivity index (χ3n) is 3.99. The van der Waals surface area contributed by atoms with Crippen molar-refractivity contribution in [2.45, 2.75) is 0 Å². The zero-order chi connectivity index (χ0) is 21.3. The van der Waals surface area contributed by atoms with E-state index in [9.17, 15) is 10.1 Å². The quantitative estimate of drug-likeness (QED) is 0.358. The molecule has 150 valence electrons. The van der Waals surface area contributed by atoms with E-state index in [0.717, 1.165) is 0 Å². The summed E-state index contributed by atoms with van der Waals surface area (Å²) in [6.45, 7) is 0. The van der Waals surface area contributed by atoms with Crippen LogP contribution in [0.25, 0.3) is 5.57 Å². The second-order valence-electron chi connectivity index (χ2n) is 5.88. The van der Waals surface area contributed by atoms with Gasteiger partial charge < -0.3 is 19.5 Å². The molecule has 0 atom stereocenters. The zero-order valence-corrected chi connectivity index (χ0v) is 16.3. The number of anilines is 2. The molecule has 2 aromatic carbocycles. The molecule has 30 heavy (non-hydrogen) atoms. The molecule has 0 aliphatic heterocycles. The van der Waals surface area contributed by atoms with E-state index in [4.69, 9.17) is 14.2 Å². The molecule has 0 saturated heterocycles. The van der Waals surface area contributed by atoms with Crippen LogP contribution in [0.4, 0.5) is 11.5 Å². The molecule has 3 aromatic rings. The molecule has 8 nitrogen and oxygen atoms in total. The highest BCUT2D eigenvalue weighted by atomic mass is 16.5. The van der Waals surface area contributed by atoms with Crippen LogP contribution in [0.15, 0.2) is 67.2 Å². The number of aromatic nitrogens is 2. The van der Waals surface area contributed by atoms with Crippen LogP contribution in [-0.2, 0) is 14.3 Å². The number of nitriles is 1. The molecule has 1 N–H and O–H groups in total. The summed E-state index contributed by atoms with van der Waals surface area (Å²) in [5.41, 5.74) is 1.78. The molecule has 0 saturated carbocycles. The lowest BCUT2D eigenvalue weighted by atomic mass is 10.1. The Morgan fingerprint density at radius 3 is 2.63 bits per heavy atom. The van der Waals surface area contributed by atoms with Crippen molar-refractivity contribution in [3.63, 3.8) is 0 Å². The average molecular weight is 402 g/mol. The van der Waals surface area contributed by atoms with E-state index in [1.54, 1.807) is 48.5 Å². The fraction of sp³-hybridized carbons (Fsp3) is 0.0909. The number of methoxy groups -OCH3 is 2. The topological polar surface area (TPSA) is 106 Å². The van der Waals surface area contributed by atoms with Gasteiger partial charge in [0.25, 0.3) is 0 Å². The average Bonchev–Trinajstić information content (AvgIpc) is 2.78. The standard InChI is InChI=1S/C22H18N4O4/c1-28-13-17(22(27)29-2)16-8-4-6-10-19(16)30-21-11-20(24-14-25-21)26-18-9-5-3-7-15(18)12-23/h3-11,13-14H,1-2H3,(H,24,25,26). The second-order valence-corrected chi connectivity index (χ2v) is 5.88. The molecule has 0 fully saturated rings. The van der Waals surface area contributed by atoms with Crippen molar-refractivity contribution >= 4 is 23.0 Å². The summed E-state index contributed by atoms with van der Waals surface area (Å²) >= 11 is 0. The van der Waals surface area contributed by atoms with Gasteiger partial charge in [0.15, 0.2) is 0 Å². The van der Waals surface area contributed by atoms with Crippen molar-refractivity contribution in [2.24, 2.45) is 0 Å². The fourth-order valence-corrected chi connectivity index (χ4v) is 2.63. The van der Waals surface area contributed by atoms with Gasteiger partial charge >= 0.3 is 5.97 Å². The number of nitrogens with one attached hydrogen (secondary N) is 1. The van der Waals surface area contributed by atoms with E-state index in [-0.39, 0.29) is 11.5 Å². The van der Waals surface area contributed by atoms with Gasteiger partial charge in [-0.15, -0.1) is 0 Å². The minimum Gasteiger partial charge on any atom is -0.503 e. The first-order valence-corrected chi connectivity index (χ1v) is 8.83. The first kappa shape index (κ1) is 20.4. The van der Waals surface area contributed by atoms with E-state index < -0.39 is 5.97 Å². The monoisotopic (exact) mass is 402 g/mol. The van der Waals surface area contributed by atoms with Crippen LogP contribution < -0.4 is 10.1 Å². The minimum atomic E-state index is -0.564. The molecule has 8 heteroatoms. The van der Waals surface area contributed by atoms with Crippen molar-refractivity contribution in [3.05, 3.63) is 78.3 Å². The number of esters is 1. The molecule has 0 bridgehead atoms. The molecular formula is C22H18N4O4. The summed E-state index contributed by atoms with van der Waals surface area (Å²) in [5, 5.41) is 12.3. The summed E-state index contributed by atoms with van der Waals surface area (Å²) in [6, 6.07) is 17.7. The number of nitrogens with zero attached hydrogens (tertiary/aromatic N) is 3. The Bertz CT molecular complexity index is 1120. The number of carbonyl (C=O) groups excluding carboxylic acids is 1. The van der Waals surface area contributed by atoms with Crippen LogP contribution in [0.1, 0.15) is 11.1 Å². The maximum atomic E-state index is 12.1. The molecule has 0 unspecified atom stereocenters. The van der Waals surface area contributed by atoms with Crippen molar-refractivity contribution in [1.29, 1.82) is 5.26 Å². The van der Waals surface area contributed by atoms with Gasteiger partial charge in [-0.05, 0) is 18.2 Å². The Balaban J connectivity index is 1.90. The molecule has 0 aliphatic carbocycles. The van der Waals surface area contributed by atoms with Gasteiger partial charge in [-0.25, -0.2) is 14.8 Å². The van der Waals surface area contributed by atoms with Crippen LogP contribution >= 0.6 is 0 Å². The Kier molecular flexibility index (Phi) is 6.59. The second kappa shape index (κ2) is 9.71. The summed E-state index contributed by atoms with van der Waals surface area (Å²) < 4.78 is 15.7. The van der Waals surface area contributed by atoms with Gasteiger partial charge in [0, 0.05) is 11.6 Å². The van der Waals surface area contributed by atoms with Crippen LogP contribution in [-0.4, -0.2) is 30.2 Å². The van der Waals surface area contributed by atoms with Crippen molar-refractivity contribution < 1.29 is 19.0 Å². The Hall–Kier alpha value is -4.38. The third-order valence-corrected chi connectivity index (χ3v) is 3.99. The molecule has 1 heterocycles. The van der Waals surface area contributed by atoms with Crippen LogP contribution in [0.3, 0.4) is 0 Å². The number of hydrogen-bond donors (Lipinski definition) is 1. The number of carbonyl (C=O) groups is 1. The van der Waals surface area contributed by atoms with Gasteiger partial charge in [0.05, 0.1) is 31.7 Å².